The minimum atomic E-state index is -0.418. The highest BCUT2D eigenvalue weighted by molar-refractivity contribution is 6.26. The lowest BCUT2D eigenvalue weighted by atomic mass is 9.84. The molecule has 9 aromatic rings. The molecule has 0 saturated carbocycles. The van der Waals surface area contributed by atoms with Gasteiger partial charge in [-0.2, -0.15) is 0 Å². The largest absolute Gasteiger partial charge is 0.455 e. The van der Waals surface area contributed by atoms with Crippen molar-refractivity contribution in [3.63, 3.8) is 0 Å². The molecule has 1 heterocycles. The minimum absolute atomic E-state index is 0.128. The molecule has 0 aliphatic rings. The van der Waals surface area contributed by atoms with E-state index >= 15 is 0 Å². The lowest BCUT2D eigenvalue weighted by Gasteiger charge is -2.18. The number of hydrogen-bond acceptors (Lipinski definition) is 1. The fourth-order valence-corrected chi connectivity index (χ4v) is 6.71. The van der Waals surface area contributed by atoms with E-state index in [4.69, 9.17) is 11.3 Å². The molecule has 9 rings (SSSR count). The summed E-state index contributed by atoms with van der Waals surface area (Å²) in [5, 5.41) is 8.64. The summed E-state index contributed by atoms with van der Waals surface area (Å²) in [4.78, 5) is 0. The Morgan fingerprint density at radius 2 is 1.05 bits per heavy atom. The lowest BCUT2D eigenvalue weighted by Crippen LogP contribution is -1.91. The van der Waals surface area contributed by atoms with Crippen molar-refractivity contribution in [2.45, 2.75) is 0 Å². The first-order valence-electron chi connectivity index (χ1n) is 16.9. The normalized spacial score (nSPS) is 13.3. The summed E-state index contributed by atoms with van der Waals surface area (Å²) in [5.41, 5.74) is 6.17. The monoisotopic (exact) mass is 551 g/mol. The van der Waals surface area contributed by atoms with E-state index in [2.05, 4.69) is 97.1 Å². The number of benzene rings is 8. The highest BCUT2D eigenvalue weighted by Gasteiger charge is 2.21. The summed E-state index contributed by atoms with van der Waals surface area (Å²) in [7, 11) is 0. The van der Waals surface area contributed by atoms with Crippen molar-refractivity contribution in [1.82, 2.24) is 0 Å². The maximum atomic E-state index is 8.66. The molecule has 0 bridgehead atoms. The maximum absolute atomic E-state index is 8.66. The highest BCUT2D eigenvalue weighted by Crippen LogP contribution is 2.47. The summed E-state index contributed by atoms with van der Waals surface area (Å²) in [6, 6.07) is 42.2. The molecule has 1 heteroatoms. The number of furan rings is 1. The van der Waals surface area contributed by atoms with Crippen molar-refractivity contribution in [3.05, 3.63) is 158 Å². The van der Waals surface area contributed by atoms with Crippen LogP contribution in [0.3, 0.4) is 0 Å². The molecule has 0 N–H and O–H groups in total. The summed E-state index contributed by atoms with van der Waals surface area (Å²) in [6.45, 7) is 0. The summed E-state index contributed by atoms with van der Waals surface area (Å²) in [5.74, 6) is 0. The van der Waals surface area contributed by atoms with Gasteiger partial charge < -0.3 is 4.42 Å². The van der Waals surface area contributed by atoms with Crippen molar-refractivity contribution in [2.24, 2.45) is 0 Å². The lowest BCUT2D eigenvalue weighted by molar-refractivity contribution is 0.670. The van der Waals surface area contributed by atoms with Crippen LogP contribution in [0.2, 0.25) is 0 Å². The second kappa shape index (κ2) is 9.44. The van der Waals surface area contributed by atoms with Crippen LogP contribution in [0.5, 0.6) is 0 Å². The van der Waals surface area contributed by atoms with Gasteiger partial charge in [-0.1, -0.05) is 145 Å². The van der Waals surface area contributed by atoms with E-state index in [0.29, 0.717) is 16.7 Å². The molecule has 0 atom stereocenters. The van der Waals surface area contributed by atoms with Gasteiger partial charge in [0.25, 0.3) is 0 Å². The van der Waals surface area contributed by atoms with Crippen molar-refractivity contribution >= 4 is 54.3 Å². The van der Waals surface area contributed by atoms with E-state index in [-0.39, 0.29) is 29.7 Å². The van der Waals surface area contributed by atoms with Crippen molar-refractivity contribution in [1.29, 1.82) is 0 Å². The quantitative estimate of drug-likeness (QED) is 0.199. The first kappa shape index (κ1) is 19.5. The van der Waals surface area contributed by atoms with Gasteiger partial charge in [-0.15, -0.1) is 0 Å². The molecule has 200 valence electrons. The first-order chi connectivity index (χ1) is 23.4. The first-order valence-corrected chi connectivity index (χ1v) is 14.4. The van der Waals surface area contributed by atoms with Crippen LogP contribution in [-0.4, -0.2) is 0 Å². The van der Waals surface area contributed by atoms with Crippen LogP contribution in [0.25, 0.3) is 87.6 Å². The van der Waals surface area contributed by atoms with E-state index in [1.165, 1.54) is 16.3 Å². The van der Waals surface area contributed by atoms with Gasteiger partial charge in [-0.25, -0.2) is 0 Å². The molecule has 0 unspecified atom stereocenters. The van der Waals surface area contributed by atoms with Crippen LogP contribution in [0.4, 0.5) is 0 Å². The Balaban J connectivity index is 1.38. The number of fused-ring (bicyclic) bond motifs is 6. The third-order valence-corrected chi connectivity index (χ3v) is 8.53. The van der Waals surface area contributed by atoms with E-state index in [9.17, 15) is 0 Å². The molecule has 0 spiro atoms. The Labute approximate surface area is 256 Å². The summed E-state index contributed by atoms with van der Waals surface area (Å²) in [6.07, 6.45) is 0. The molecule has 0 radical (unpaired) electrons. The van der Waals surface area contributed by atoms with Gasteiger partial charge in [-0.05, 0) is 72.3 Å². The van der Waals surface area contributed by atoms with E-state index in [0.717, 1.165) is 49.0 Å². The van der Waals surface area contributed by atoms with Crippen LogP contribution < -0.4 is 0 Å². The molecule has 8 aromatic carbocycles. The third-order valence-electron chi connectivity index (χ3n) is 8.53. The average molecular weight is 552 g/mol. The second-order valence-corrected chi connectivity index (χ2v) is 10.9. The number of hydrogen-bond donors (Lipinski definition) is 0. The molecule has 0 aliphatic heterocycles. The number of rotatable bonds is 3. The molecule has 0 saturated heterocycles. The van der Waals surface area contributed by atoms with Gasteiger partial charge in [0.1, 0.15) is 11.2 Å². The van der Waals surface area contributed by atoms with Crippen molar-refractivity contribution in [3.8, 4) is 33.4 Å². The molecule has 1 nitrogen and oxygen atoms in total. The van der Waals surface area contributed by atoms with Crippen molar-refractivity contribution in [2.75, 3.05) is 0 Å². The molecule has 0 amide bonds. The van der Waals surface area contributed by atoms with Gasteiger partial charge >= 0.3 is 0 Å². The van der Waals surface area contributed by atoms with Gasteiger partial charge in [0, 0.05) is 16.3 Å². The summed E-state index contributed by atoms with van der Waals surface area (Å²) < 4.78 is 48.5. The highest BCUT2D eigenvalue weighted by atomic mass is 16.3. The zero-order valence-corrected chi connectivity index (χ0v) is 23.0. The van der Waals surface area contributed by atoms with Crippen LogP contribution in [0.15, 0.2) is 162 Å². The predicted molar refractivity (Wildman–Crippen MR) is 183 cm³/mol. The molecular formula is C42H26O. The Morgan fingerprint density at radius 1 is 0.442 bits per heavy atom. The van der Waals surface area contributed by atoms with Gasteiger partial charge in [0.15, 0.2) is 0 Å². The molecule has 0 aliphatic carbocycles. The Morgan fingerprint density at radius 3 is 1.79 bits per heavy atom. The van der Waals surface area contributed by atoms with Gasteiger partial charge in [-0.3, -0.25) is 0 Å². The Hall–Kier alpha value is -5.66. The van der Waals surface area contributed by atoms with Gasteiger partial charge in [0.05, 0.1) is 6.85 Å². The zero-order chi connectivity index (χ0) is 32.7. The molecule has 1 aromatic heterocycles. The van der Waals surface area contributed by atoms with Crippen LogP contribution in [0, 0.1) is 0 Å². The molecule has 43 heavy (non-hydrogen) atoms. The average Bonchev–Trinajstić information content (AvgIpc) is 3.52. The van der Waals surface area contributed by atoms with E-state index < -0.39 is 6.04 Å². The molecular weight excluding hydrogens is 520 g/mol. The van der Waals surface area contributed by atoms with Gasteiger partial charge in [0.2, 0.25) is 0 Å². The third kappa shape index (κ3) is 3.65. The molecule has 0 fully saturated rings. The Bertz CT molecular complexity index is 2710. The number of para-hydroxylation sites is 1. The topological polar surface area (TPSA) is 13.1 Å². The second-order valence-electron chi connectivity index (χ2n) is 10.9. The Kier molecular flexibility index (Phi) is 4.27. The SMILES string of the molecule is [2H]c1c([2H])c([2H])c(-c2cccc3c2oc2cccc(-c4c5ccccc5c(-c5ccc6ccccc6c5)c5ccccc45)c23)c([2H])c1[2H]. The van der Waals surface area contributed by atoms with Crippen molar-refractivity contribution < 1.29 is 11.3 Å². The van der Waals surface area contributed by atoms with Crippen LogP contribution >= 0.6 is 0 Å². The fourth-order valence-electron chi connectivity index (χ4n) is 6.71. The summed E-state index contributed by atoms with van der Waals surface area (Å²) >= 11 is 0. The van der Waals surface area contributed by atoms with Crippen LogP contribution in [0.1, 0.15) is 6.85 Å². The zero-order valence-electron chi connectivity index (χ0n) is 28.0. The smallest absolute Gasteiger partial charge is 0.143 e. The fraction of sp³-hybridized carbons (Fsp3) is 0. The maximum Gasteiger partial charge on any atom is 0.143 e. The minimum Gasteiger partial charge on any atom is -0.455 e. The predicted octanol–water partition coefficient (Wildman–Crippen LogP) is 12.0. The van der Waals surface area contributed by atoms with Crippen LogP contribution in [-0.2, 0) is 0 Å². The standard InChI is InChI=1S/C42H26O/c1-2-13-28(14-3-1)31-20-10-22-37-41-36(21-11-23-38(41)43-42(31)37)40-34-18-8-6-16-32(34)39(33-17-7-9-19-35(33)40)30-25-24-27-12-4-5-15-29(27)26-30/h1-26H/i1D,2D,3D,13D,14D. The van der Waals surface area contributed by atoms with E-state index in [1.54, 1.807) is 6.07 Å². The van der Waals surface area contributed by atoms with E-state index in [1.807, 2.05) is 24.3 Å².